The van der Waals surface area contributed by atoms with Gasteiger partial charge in [0.1, 0.15) is 5.71 Å². The quantitative estimate of drug-likeness (QED) is 0.243. The molecular weight excluding hydrogens is 392 g/mol. The summed E-state index contributed by atoms with van der Waals surface area (Å²) in [6, 6.07) is 18.8. The van der Waals surface area contributed by atoms with E-state index in [0.29, 0.717) is 5.71 Å². The average molecular weight is 414 g/mol. The standard InChI is InChI=1S/C25H22N2O4/c1-15-7-5-6-8-19(15)24(26-31-16(2)28)17-9-11-20-21-12-10-18(27(29)30)14-23(21)25(3,4)22(20)13-17/h5-14H,1-4H3/b26-24-. The third-order valence-electron chi connectivity index (χ3n) is 5.81. The molecule has 0 saturated heterocycles. The van der Waals surface area contributed by atoms with Crippen LogP contribution in [-0.2, 0) is 15.0 Å². The fourth-order valence-corrected chi connectivity index (χ4v) is 4.19. The van der Waals surface area contributed by atoms with Gasteiger partial charge in [-0.1, -0.05) is 55.4 Å². The molecule has 4 rings (SSSR count). The first-order chi connectivity index (χ1) is 14.7. The van der Waals surface area contributed by atoms with Crippen molar-refractivity contribution >= 4 is 17.4 Å². The van der Waals surface area contributed by atoms with E-state index < -0.39 is 11.4 Å². The molecule has 1 aliphatic rings. The summed E-state index contributed by atoms with van der Waals surface area (Å²) in [7, 11) is 0. The minimum Gasteiger partial charge on any atom is -0.318 e. The number of hydrogen-bond donors (Lipinski definition) is 0. The average Bonchev–Trinajstić information content (AvgIpc) is 2.96. The molecule has 0 atom stereocenters. The molecule has 0 unspecified atom stereocenters. The summed E-state index contributed by atoms with van der Waals surface area (Å²) in [6.45, 7) is 7.41. The van der Waals surface area contributed by atoms with Crippen LogP contribution >= 0.6 is 0 Å². The number of fused-ring (bicyclic) bond motifs is 3. The second-order valence-electron chi connectivity index (χ2n) is 8.21. The van der Waals surface area contributed by atoms with Gasteiger partial charge in [-0.2, -0.15) is 0 Å². The van der Waals surface area contributed by atoms with Crippen molar-refractivity contribution in [1.29, 1.82) is 0 Å². The molecule has 0 fully saturated rings. The molecule has 0 heterocycles. The minimum atomic E-state index is -0.493. The summed E-state index contributed by atoms with van der Waals surface area (Å²) < 4.78 is 0. The first-order valence-corrected chi connectivity index (χ1v) is 9.96. The Morgan fingerprint density at radius 2 is 1.65 bits per heavy atom. The van der Waals surface area contributed by atoms with Crippen LogP contribution in [0.1, 0.15) is 48.6 Å². The highest BCUT2D eigenvalue weighted by atomic mass is 16.7. The highest BCUT2D eigenvalue weighted by Crippen LogP contribution is 2.49. The monoisotopic (exact) mass is 414 g/mol. The van der Waals surface area contributed by atoms with Gasteiger partial charge < -0.3 is 4.84 Å². The highest BCUT2D eigenvalue weighted by molar-refractivity contribution is 6.14. The van der Waals surface area contributed by atoms with Crippen molar-refractivity contribution in [3.05, 3.63) is 98.6 Å². The summed E-state index contributed by atoms with van der Waals surface area (Å²) in [6.07, 6.45) is 0. The molecule has 0 aliphatic heterocycles. The molecule has 0 amide bonds. The van der Waals surface area contributed by atoms with E-state index in [1.807, 2.05) is 55.5 Å². The maximum absolute atomic E-state index is 11.4. The van der Waals surface area contributed by atoms with Crippen LogP contribution in [-0.4, -0.2) is 16.6 Å². The Kier molecular flexibility index (Phi) is 4.93. The van der Waals surface area contributed by atoms with Crippen molar-refractivity contribution in [3.8, 4) is 11.1 Å². The van der Waals surface area contributed by atoms with E-state index in [-0.39, 0.29) is 10.6 Å². The Bertz CT molecular complexity index is 1260. The minimum absolute atomic E-state index is 0.0804. The number of benzene rings is 3. The number of nitrogens with zero attached hydrogens (tertiary/aromatic N) is 2. The Morgan fingerprint density at radius 1 is 1.00 bits per heavy atom. The molecule has 0 N–H and O–H groups in total. The van der Waals surface area contributed by atoms with Crippen LogP contribution in [0, 0.1) is 17.0 Å². The second kappa shape index (κ2) is 7.47. The summed E-state index contributed by atoms with van der Waals surface area (Å²) >= 11 is 0. The number of oxime groups is 1. The molecule has 0 bridgehead atoms. The molecule has 31 heavy (non-hydrogen) atoms. The normalized spacial score (nSPS) is 14.0. The van der Waals surface area contributed by atoms with Gasteiger partial charge in [-0.3, -0.25) is 10.1 Å². The third kappa shape index (κ3) is 3.50. The molecule has 6 nitrogen and oxygen atoms in total. The lowest BCUT2D eigenvalue weighted by atomic mass is 9.81. The van der Waals surface area contributed by atoms with Crippen molar-refractivity contribution in [2.75, 3.05) is 0 Å². The van der Waals surface area contributed by atoms with Crippen LogP contribution in [0.3, 0.4) is 0 Å². The van der Waals surface area contributed by atoms with Crippen molar-refractivity contribution < 1.29 is 14.6 Å². The van der Waals surface area contributed by atoms with E-state index in [1.165, 1.54) is 6.92 Å². The second-order valence-corrected chi connectivity index (χ2v) is 8.21. The van der Waals surface area contributed by atoms with Gasteiger partial charge in [-0.25, -0.2) is 4.79 Å². The third-order valence-corrected chi connectivity index (χ3v) is 5.81. The molecule has 0 saturated carbocycles. The lowest BCUT2D eigenvalue weighted by molar-refractivity contribution is -0.384. The Hall–Kier alpha value is -3.80. The first kappa shape index (κ1) is 20.5. The van der Waals surface area contributed by atoms with Gasteiger partial charge in [0.25, 0.3) is 5.69 Å². The van der Waals surface area contributed by atoms with Crippen molar-refractivity contribution in [3.63, 3.8) is 0 Å². The number of carbonyl (C=O) groups excluding carboxylic acids is 1. The zero-order valence-electron chi connectivity index (χ0n) is 17.8. The zero-order chi connectivity index (χ0) is 22.3. The number of carbonyl (C=O) groups is 1. The predicted octanol–water partition coefficient (Wildman–Crippen LogP) is 5.53. The molecule has 3 aromatic rings. The smallest absolute Gasteiger partial charge is 0.318 e. The SMILES string of the molecule is CC(=O)O/N=C(/c1ccc2c(c1)C(C)(C)c1cc([N+](=O)[O-])ccc1-2)c1ccccc1C. The van der Waals surface area contributed by atoms with Crippen molar-refractivity contribution in [2.24, 2.45) is 5.16 Å². The Labute approximate surface area is 180 Å². The maximum atomic E-state index is 11.4. The fourth-order valence-electron chi connectivity index (χ4n) is 4.19. The summed E-state index contributed by atoms with van der Waals surface area (Å²) in [5.41, 5.74) is 6.90. The molecule has 1 aliphatic carbocycles. The number of hydrogen-bond acceptors (Lipinski definition) is 5. The largest absolute Gasteiger partial charge is 0.332 e. The summed E-state index contributed by atoms with van der Waals surface area (Å²) in [5.74, 6) is -0.493. The number of rotatable bonds is 4. The van der Waals surface area contributed by atoms with Crippen LogP contribution in [0.25, 0.3) is 11.1 Å². The Balaban J connectivity index is 1.88. The van der Waals surface area contributed by atoms with Crippen molar-refractivity contribution in [1.82, 2.24) is 0 Å². The highest BCUT2D eigenvalue weighted by Gasteiger charge is 2.37. The fraction of sp³-hybridized carbons (Fsp3) is 0.200. The van der Waals surface area contributed by atoms with Crippen molar-refractivity contribution in [2.45, 2.75) is 33.1 Å². The van der Waals surface area contributed by atoms with Crippen LogP contribution in [0.5, 0.6) is 0 Å². The number of aryl methyl sites for hydroxylation is 1. The van der Waals surface area contributed by atoms with E-state index in [9.17, 15) is 14.9 Å². The molecule has 156 valence electrons. The zero-order valence-corrected chi connectivity index (χ0v) is 17.8. The molecule has 0 spiro atoms. The van der Waals surface area contributed by atoms with Crippen LogP contribution < -0.4 is 0 Å². The van der Waals surface area contributed by atoms with Gasteiger partial charge in [0.2, 0.25) is 0 Å². The molecule has 6 heteroatoms. The maximum Gasteiger partial charge on any atom is 0.332 e. The van der Waals surface area contributed by atoms with Crippen LogP contribution in [0.15, 0.2) is 65.8 Å². The van der Waals surface area contributed by atoms with Gasteiger partial charge >= 0.3 is 5.97 Å². The lowest BCUT2D eigenvalue weighted by Crippen LogP contribution is -2.16. The van der Waals surface area contributed by atoms with Gasteiger partial charge in [-0.15, -0.1) is 0 Å². The predicted molar refractivity (Wildman–Crippen MR) is 119 cm³/mol. The molecule has 0 aromatic heterocycles. The summed E-state index contributed by atoms with van der Waals surface area (Å²) in [4.78, 5) is 27.4. The van der Waals surface area contributed by atoms with Gasteiger partial charge in [-0.05, 0) is 46.9 Å². The lowest BCUT2D eigenvalue weighted by Gasteiger charge is -2.22. The van der Waals surface area contributed by atoms with Gasteiger partial charge in [0, 0.05) is 35.6 Å². The van der Waals surface area contributed by atoms with E-state index in [2.05, 4.69) is 19.0 Å². The number of non-ortho nitro benzene ring substituents is 1. The number of nitro benzene ring substituents is 1. The van der Waals surface area contributed by atoms with E-state index >= 15 is 0 Å². The first-order valence-electron chi connectivity index (χ1n) is 9.96. The van der Waals surface area contributed by atoms with Crippen LogP contribution in [0.2, 0.25) is 0 Å². The topological polar surface area (TPSA) is 81.8 Å². The molecule has 0 radical (unpaired) electrons. The number of nitro groups is 1. The van der Waals surface area contributed by atoms with Gasteiger partial charge in [0.15, 0.2) is 0 Å². The Morgan fingerprint density at radius 3 is 2.29 bits per heavy atom. The van der Waals surface area contributed by atoms with E-state index in [0.717, 1.165) is 38.9 Å². The van der Waals surface area contributed by atoms with Gasteiger partial charge in [0.05, 0.1) is 4.92 Å². The molecular formula is C25H22N2O4. The van der Waals surface area contributed by atoms with E-state index in [1.54, 1.807) is 12.1 Å². The van der Waals surface area contributed by atoms with Crippen LogP contribution in [0.4, 0.5) is 5.69 Å². The van der Waals surface area contributed by atoms with E-state index in [4.69, 9.17) is 4.84 Å². The molecule has 3 aromatic carbocycles. The summed E-state index contributed by atoms with van der Waals surface area (Å²) in [5, 5.41) is 15.5.